The van der Waals surface area contributed by atoms with E-state index in [4.69, 9.17) is 5.73 Å². The van der Waals surface area contributed by atoms with E-state index in [0.717, 1.165) is 61.9 Å². The molecule has 3 unspecified atom stereocenters. The largest absolute Gasteiger partial charge is 0.393 e. The van der Waals surface area contributed by atoms with Crippen LogP contribution in [0.15, 0.2) is 0 Å². The molecule has 0 aromatic carbocycles. The first-order chi connectivity index (χ1) is 12.9. The quantitative estimate of drug-likeness (QED) is 0.570. The molecule has 4 N–H and O–H groups in total. The summed E-state index contributed by atoms with van der Waals surface area (Å²) in [6.07, 6.45) is 13.0. The van der Waals surface area contributed by atoms with Gasteiger partial charge in [0, 0.05) is 6.04 Å². The van der Waals surface area contributed by atoms with Crippen LogP contribution in [0.25, 0.3) is 0 Å². The number of aliphatic hydroxyl groups is 1. The van der Waals surface area contributed by atoms with Gasteiger partial charge in [0.05, 0.1) is 6.10 Å². The van der Waals surface area contributed by atoms with Crippen LogP contribution in [0.3, 0.4) is 0 Å². The maximum Gasteiger partial charge on any atom is 0.0543 e. The third kappa shape index (κ3) is 3.67. The van der Waals surface area contributed by atoms with Crippen molar-refractivity contribution >= 4 is 12.4 Å². The molecule has 0 aliphatic heterocycles. The lowest BCUT2D eigenvalue weighted by molar-refractivity contribution is -0.127. The first-order valence-corrected chi connectivity index (χ1v) is 12.0. The molecule has 0 bridgehead atoms. The standard InChI is InChI=1S/C24H44N2O.ClH/c1-16(26-14-4-13-25)20-7-8-21-19-6-5-17-15-18(27)9-11-23(17,2)22(19)10-12-24(20,21)3;/h16-22,26-27H,4-15,25H2,1-3H3;1H/t16?,17?,18?,19-,20+,21-,22-,23-,24+;/m0./s1. The Morgan fingerprint density at radius 1 is 1.00 bits per heavy atom. The van der Waals surface area contributed by atoms with Crippen LogP contribution < -0.4 is 11.1 Å². The summed E-state index contributed by atoms with van der Waals surface area (Å²) in [5.41, 5.74) is 6.73. The van der Waals surface area contributed by atoms with E-state index < -0.39 is 0 Å². The van der Waals surface area contributed by atoms with Gasteiger partial charge in [-0.15, -0.1) is 12.4 Å². The van der Waals surface area contributed by atoms with E-state index in [9.17, 15) is 5.11 Å². The van der Waals surface area contributed by atoms with E-state index in [2.05, 4.69) is 26.1 Å². The molecular weight excluding hydrogens is 368 g/mol. The number of nitrogens with two attached hydrogens (primary N) is 1. The van der Waals surface area contributed by atoms with Crippen molar-refractivity contribution in [3.05, 3.63) is 0 Å². The number of rotatable bonds is 5. The number of fused-ring (bicyclic) bond motifs is 5. The van der Waals surface area contributed by atoms with Crippen LogP contribution in [-0.2, 0) is 0 Å². The van der Waals surface area contributed by atoms with Crippen LogP contribution in [0.4, 0.5) is 0 Å². The van der Waals surface area contributed by atoms with Gasteiger partial charge in [0.15, 0.2) is 0 Å². The summed E-state index contributed by atoms with van der Waals surface area (Å²) in [5, 5.41) is 14.0. The number of hydrogen-bond donors (Lipinski definition) is 3. The predicted octanol–water partition coefficient (Wildman–Crippen LogP) is 4.75. The van der Waals surface area contributed by atoms with Crippen molar-refractivity contribution in [1.82, 2.24) is 5.32 Å². The van der Waals surface area contributed by atoms with Crippen molar-refractivity contribution < 1.29 is 5.11 Å². The molecule has 4 heteroatoms. The summed E-state index contributed by atoms with van der Waals surface area (Å²) in [6, 6.07) is 0.625. The minimum absolute atomic E-state index is 0. The Morgan fingerprint density at radius 2 is 1.71 bits per heavy atom. The highest BCUT2D eigenvalue weighted by molar-refractivity contribution is 5.85. The SMILES string of the molecule is CC(NCCCN)[C@H]1CC[C@H]2[C@@H]3CCC4CC(O)CC[C@]4(C)[C@H]3CC[C@]12C.Cl. The van der Waals surface area contributed by atoms with E-state index in [-0.39, 0.29) is 18.5 Å². The topological polar surface area (TPSA) is 58.3 Å². The van der Waals surface area contributed by atoms with Gasteiger partial charge in [-0.2, -0.15) is 0 Å². The molecule has 0 saturated heterocycles. The Bertz CT molecular complexity index is 531. The van der Waals surface area contributed by atoms with Crippen LogP contribution >= 0.6 is 12.4 Å². The van der Waals surface area contributed by atoms with Gasteiger partial charge in [0.1, 0.15) is 0 Å². The zero-order valence-electron chi connectivity index (χ0n) is 18.5. The molecule has 4 aliphatic rings. The fourth-order valence-corrected chi connectivity index (χ4v) is 8.67. The maximum atomic E-state index is 10.2. The van der Waals surface area contributed by atoms with Gasteiger partial charge in [0.25, 0.3) is 0 Å². The molecule has 0 heterocycles. The third-order valence-electron chi connectivity index (χ3n) is 10.2. The summed E-state index contributed by atoms with van der Waals surface area (Å²) < 4.78 is 0. The summed E-state index contributed by atoms with van der Waals surface area (Å²) >= 11 is 0. The van der Waals surface area contributed by atoms with E-state index in [1.807, 2.05) is 0 Å². The second-order valence-electron chi connectivity index (χ2n) is 11.2. The minimum atomic E-state index is -0.0233. The lowest BCUT2D eigenvalue weighted by Gasteiger charge is -2.61. The average Bonchev–Trinajstić information content (AvgIpc) is 3.00. The molecule has 4 rings (SSSR count). The Hall–Kier alpha value is 0.170. The van der Waals surface area contributed by atoms with Crippen LogP contribution in [0.5, 0.6) is 0 Å². The van der Waals surface area contributed by atoms with E-state index in [1.54, 1.807) is 0 Å². The normalized spacial score (nSPS) is 48.8. The smallest absolute Gasteiger partial charge is 0.0543 e. The van der Waals surface area contributed by atoms with Gasteiger partial charge in [-0.1, -0.05) is 13.8 Å². The number of halogens is 1. The maximum absolute atomic E-state index is 10.2. The van der Waals surface area contributed by atoms with Gasteiger partial charge in [-0.3, -0.25) is 0 Å². The molecular formula is C24H45ClN2O. The fourth-order valence-electron chi connectivity index (χ4n) is 8.67. The molecule has 0 aromatic heterocycles. The van der Waals surface area contributed by atoms with Crippen molar-refractivity contribution in [1.29, 1.82) is 0 Å². The van der Waals surface area contributed by atoms with Crippen molar-refractivity contribution in [3.8, 4) is 0 Å². The van der Waals surface area contributed by atoms with Crippen LogP contribution in [-0.4, -0.2) is 30.3 Å². The second kappa shape index (κ2) is 8.73. The molecule has 28 heavy (non-hydrogen) atoms. The highest BCUT2D eigenvalue weighted by Gasteiger charge is 2.60. The number of nitrogens with one attached hydrogen (secondary N) is 1. The summed E-state index contributed by atoms with van der Waals surface area (Å²) in [4.78, 5) is 0. The van der Waals surface area contributed by atoms with E-state index >= 15 is 0 Å². The van der Waals surface area contributed by atoms with E-state index in [0.29, 0.717) is 16.9 Å². The molecule has 0 spiro atoms. The molecule has 164 valence electrons. The molecule has 4 saturated carbocycles. The van der Waals surface area contributed by atoms with Gasteiger partial charge < -0.3 is 16.2 Å². The van der Waals surface area contributed by atoms with Crippen LogP contribution in [0.2, 0.25) is 0 Å². The minimum Gasteiger partial charge on any atom is -0.393 e. The van der Waals surface area contributed by atoms with Crippen molar-refractivity contribution in [3.63, 3.8) is 0 Å². The average molecular weight is 413 g/mol. The van der Waals surface area contributed by atoms with Gasteiger partial charge in [0.2, 0.25) is 0 Å². The monoisotopic (exact) mass is 412 g/mol. The predicted molar refractivity (Wildman–Crippen MR) is 120 cm³/mol. The Balaban J connectivity index is 0.00000225. The molecule has 0 aromatic rings. The summed E-state index contributed by atoms with van der Waals surface area (Å²) in [6.45, 7) is 9.55. The third-order valence-corrected chi connectivity index (χ3v) is 10.2. The summed E-state index contributed by atoms with van der Waals surface area (Å²) in [5.74, 6) is 4.41. The molecule has 4 fully saturated rings. The highest BCUT2D eigenvalue weighted by atomic mass is 35.5. The second-order valence-corrected chi connectivity index (χ2v) is 11.2. The first-order valence-electron chi connectivity index (χ1n) is 12.0. The van der Waals surface area contributed by atoms with Gasteiger partial charge >= 0.3 is 0 Å². The highest BCUT2D eigenvalue weighted by Crippen LogP contribution is 2.67. The zero-order chi connectivity index (χ0) is 19.2. The van der Waals surface area contributed by atoms with Gasteiger partial charge in [-0.05, 0) is 125 Å². The van der Waals surface area contributed by atoms with Crippen molar-refractivity contribution in [2.45, 2.75) is 97.1 Å². The van der Waals surface area contributed by atoms with Crippen molar-refractivity contribution in [2.75, 3.05) is 13.1 Å². The first kappa shape index (κ1) is 22.8. The number of hydrogen-bond acceptors (Lipinski definition) is 3. The molecule has 4 aliphatic carbocycles. The fraction of sp³-hybridized carbons (Fsp3) is 1.00. The molecule has 0 radical (unpaired) electrons. The van der Waals surface area contributed by atoms with Crippen LogP contribution in [0.1, 0.15) is 85.0 Å². The lowest BCUT2D eigenvalue weighted by atomic mass is 9.44. The Morgan fingerprint density at radius 3 is 2.46 bits per heavy atom. The summed E-state index contributed by atoms with van der Waals surface area (Å²) in [7, 11) is 0. The van der Waals surface area contributed by atoms with Crippen LogP contribution in [0, 0.1) is 40.4 Å². The lowest BCUT2D eigenvalue weighted by Crippen LogP contribution is -2.55. The molecule has 3 nitrogen and oxygen atoms in total. The molecule has 9 atom stereocenters. The van der Waals surface area contributed by atoms with Crippen molar-refractivity contribution in [2.24, 2.45) is 46.2 Å². The number of aliphatic hydroxyl groups excluding tert-OH is 1. The van der Waals surface area contributed by atoms with Gasteiger partial charge in [-0.25, -0.2) is 0 Å². The zero-order valence-corrected chi connectivity index (χ0v) is 19.3. The molecule has 0 amide bonds. The Kier molecular flexibility index (Phi) is 7.12. The van der Waals surface area contributed by atoms with E-state index in [1.165, 1.54) is 44.9 Å². The Labute approximate surface area is 179 Å².